The lowest BCUT2D eigenvalue weighted by molar-refractivity contribution is 0.967. The third-order valence-corrected chi connectivity index (χ3v) is 1.42. The Morgan fingerprint density at radius 1 is 1.33 bits per heavy atom. The molecule has 1 aromatic heterocycles. The van der Waals surface area contributed by atoms with E-state index in [1.807, 2.05) is 19.9 Å². The molecule has 0 spiro atoms. The number of nitrogens with zero attached hydrogens (tertiary/aromatic N) is 2. The fourth-order valence-electron chi connectivity index (χ4n) is 0.603. The summed E-state index contributed by atoms with van der Waals surface area (Å²) in [4.78, 5) is 0. The summed E-state index contributed by atoms with van der Waals surface area (Å²) in [5, 5.41) is 7.94. The second-order valence-corrected chi connectivity index (χ2v) is 2.32. The molecule has 1 heterocycles. The monoisotopic (exact) mass is 142 g/mol. The number of hydrogen-bond acceptors (Lipinski definition) is 2. The fourth-order valence-corrected chi connectivity index (χ4v) is 0.696. The van der Waals surface area contributed by atoms with Crippen molar-refractivity contribution >= 4 is 11.6 Å². The van der Waals surface area contributed by atoms with E-state index >= 15 is 0 Å². The second kappa shape index (κ2) is 2.31. The average Bonchev–Trinajstić information content (AvgIpc) is 1.80. The summed E-state index contributed by atoms with van der Waals surface area (Å²) in [7, 11) is 0. The number of hydrogen-bond donors (Lipinski definition) is 0. The predicted molar refractivity (Wildman–Crippen MR) is 36.5 cm³/mol. The Balaban J connectivity index is 3.17. The van der Waals surface area contributed by atoms with Crippen molar-refractivity contribution in [3.63, 3.8) is 0 Å². The molecule has 2 nitrogen and oxygen atoms in total. The molecule has 0 N–H and O–H groups in total. The van der Waals surface area contributed by atoms with Crippen LogP contribution in [0.3, 0.4) is 0 Å². The summed E-state index contributed by atoms with van der Waals surface area (Å²) in [5.74, 6) is 0. The molecule has 48 valence electrons. The molecular weight excluding hydrogens is 136 g/mol. The summed E-state index contributed by atoms with van der Waals surface area (Å²) in [6, 6.07) is 1.90. The van der Waals surface area contributed by atoms with Gasteiger partial charge in [-0.3, -0.25) is 0 Å². The molecule has 0 radical (unpaired) electrons. The Hall–Kier alpha value is -0.630. The van der Waals surface area contributed by atoms with Gasteiger partial charge in [0.1, 0.15) is 0 Å². The van der Waals surface area contributed by atoms with Crippen molar-refractivity contribution in [1.82, 2.24) is 10.2 Å². The van der Waals surface area contributed by atoms with Crippen LogP contribution in [0.15, 0.2) is 6.07 Å². The van der Waals surface area contributed by atoms with E-state index < -0.39 is 0 Å². The molecule has 0 aromatic carbocycles. The summed E-state index contributed by atoms with van der Waals surface area (Å²) in [5.41, 5.74) is 1.88. The lowest BCUT2D eigenvalue weighted by Crippen LogP contribution is -1.88. The highest BCUT2D eigenvalue weighted by Crippen LogP contribution is 2.09. The van der Waals surface area contributed by atoms with E-state index in [4.69, 9.17) is 11.6 Å². The maximum absolute atomic E-state index is 5.61. The highest BCUT2D eigenvalue weighted by Gasteiger charge is 1.94. The molecule has 3 heteroatoms. The standard InChI is InChI=1S/C6H7ClN2/c1-4-3-5(2)8-9-6(4)7/h3H,1-2H3. The Morgan fingerprint density at radius 2 is 2.00 bits per heavy atom. The van der Waals surface area contributed by atoms with Crippen LogP contribution in [0, 0.1) is 13.8 Å². The highest BCUT2D eigenvalue weighted by molar-refractivity contribution is 6.30. The van der Waals surface area contributed by atoms with E-state index in [-0.39, 0.29) is 0 Å². The van der Waals surface area contributed by atoms with Crippen LogP contribution in [0.4, 0.5) is 0 Å². The zero-order chi connectivity index (χ0) is 6.85. The van der Waals surface area contributed by atoms with Gasteiger partial charge in [0, 0.05) is 0 Å². The van der Waals surface area contributed by atoms with E-state index in [9.17, 15) is 0 Å². The van der Waals surface area contributed by atoms with Crippen molar-refractivity contribution in [2.24, 2.45) is 0 Å². The topological polar surface area (TPSA) is 25.8 Å². The van der Waals surface area contributed by atoms with Crippen molar-refractivity contribution in [3.05, 3.63) is 22.5 Å². The molecule has 0 aliphatic rings. The molecule has 0 atom stereocenters. The minimum absolute atomic E-state index is 0.487. The van der Waals surface area contributed by atoms with E-state index in [2.05, 4.69) is 10.2 Å². The van der Waals surface area contributed by atoms with Gasteiger partial charge in [-0.05, 0) is 25.5 Å². The van der Waals surface area contributed by atoms with Crippen LogP contribution in [0.2, 0.25) is 5.15 Å². The van der Waals surface area contributed by atoms with Crippen molar-refractivity contribution in [2.75, 3.05) is 0 Å². The summed E-state index contributed by atoms with van der Waals surface area (Å²) >= 11 is 5.61. The summed E-state index contributed by atoms with van der Waals surface area (Å²) in [6.45, 7) is 3.79. The molecule has 1 rings (SSSR count). The molecule has 0 aliphatic carbocycles. The van der Waals surface area contributed by atoms with Crippen LogP contribution >= 0.6 is 11.6 Å². The van der Waals surface area contributed by atoms with Gasteiger partial charge in [-0.1, -0.05) is 11.6 Å². The maximum Gasteiger partial charge on any atom is 0.154 e. The fraction of sp³-hybridized carbons (Fsp3) is 0.333. The third-order valence-electron chi connectivity index (χ3n) is 1.05. The zero-order valence-corrected chi connectivity index (χ0v) is 6.11. The van der Waals surface area contributed by atoms with Gasteiger partial charge < -0.3 is 0 Å². The molecule has 1 aromatic rings. The van der Waals surface area contributed by atoms with E-state index in [1.165, 1.54) is 0 Å². The quantitative estimate of drug-likeness (QED) is 0.552. The molecule has 9 heavy (non-hydrogen) atoms. The molecule has 0 amide bonds. The molecule has 0 aliphatic heterocycles. The Morgan fingerprint density at radius 3 is 2.44 bits per heavy atom. The van der Waals surface area contributed by atoms with E-state index in [0.717, 1.165) is 11.3 Å². The Labute approximate surface area is 58.9 Å². The first kappa shape index (κ1) is 6.49. The average molecular weight is 143 g/mol. The normalized spacial score (nSPS) is 9.67. The van der Waals surface area contributed by atoms with Crippen LogP contribution in [0.5, 0.6) is 0 Å². The second-order valence-electron chi connectivity index (χ2n) is 1.96. The van der Waals surface area contributed by atoms with Gasteiger partial charge in [-0.2, -0.15) is 5.10 Å². The van der Waals surface area contributed by atoms with Crippen molar-refractivity contribution < 1.29 is 0 Å². The third kappa shape index (κ3) is 1.39. The van der Waals surface area contributed by atoms with Crippen LogP contribution in [-0.2, 0) is 0 Å². The van der Waals surface area contributed by atoms with E-state index in [1.54, 1.807) is 0 Å². The first-order chi connectivity index (χ1) is 4.20. The summed E-state index contributed by atoms with van der Waals surface area (Å²) in [6.07, 6.45) is 0. The largest absolute Gasteiger partial charge is 0.154 e. The molecule has 0 fully saturated rings. The zero-order valence-electron chi connectivity index (χ0n) is 5.35. The van der Waals surface area contributed by atoms with Gasteiger partial charge in [0.05, 0.1) is 5.69 Å². The van der Waals surface area contributed by atoms with Crippen LogP contribution in [0.1, 0.15) is 11.3 Å². The van der Waals surface area contributed by atoms with Gasteiger partial charge in [-0.25, -0.2) is 0 Å². The Bertz CT molecular complexity index is 222. The van der Waals surface area contributed by atoms with Gasteiger partial charge in [0.25, 0.3) is 0 Å². The van der Waals surface area contributed by atoms with Crippen LogP contribution < -0.4 is 0 Å². The molecule has 0 saturated heterocycles. The van der Waals surface area contributed by atoms with Crippen LogP contribution in [0.25, 0.3) is 0 Å². The summed E-state index contributed by atoms with van der Waals surface area (Å²) < 4.78 is 0. The highest BCUT2D eigenvalue weighted by atomic mass is 35.5. The first-order valence-electron chi connectivity index (χ1n) is 2.66. The number of halogens is 1. The first-order valence-corrected chi connectivity index (χ1v) is 3.04. The van der Waals surface area contributed by atoms with Crippen molar-refractivity contribution in [2.45, 2.75) is 13.8 Å². The lowest BCUT2D eigenvalue weighted by atomic mass is 10.3. The predicted octanol–water partition coefficient (Wildman–Crippen LogP) is 1.75. The minimum atomic E-state index is 0.487. The van der Waals surface area contributed by atoms with Gasteiger partial charge in [0.15, 0.2) is 5.15 Å². The number of aryl methyl sites for hydroxylation is 2. The lowest BCUT2D eigenvalue weighted by Gasteiger charge is -1.93. The number of rotatable bonds is 0. The van der Waals surface area contributed by atoms with Gasteiger partial charge in [-0.15, -0.1) is 5.10 Å². The minimum Gasteiger partial charge on any atom is -0.154 e. The molecule has 0 bridgehead atoms. The van der Waals surface area contributed by atoms with Crippen molar-refractivity contribution in [1.29, 1.82) is 0 Å². The number of aromatic nitrogens is 2. The van der Waals surface area contributed by atoms with Crippen molar-refractivity contribution in [3.8, 4) is 0 Å². The van der Waals surface area contributed by atoms with E-state index in [0.29, 0.717) is 5.15 Å². The van der Waals surface area contributed by atoms with Gasteiger partial charge in [0.2, 0.25) is 0 Å². The Kier molecular flexibility index (Phi) is 1.67. The molecule has 0 saturated carbocycles. The van der Waals surface area contributed by atoms with Crippen LogP contribution in [-0.4, -0.2) is 10.2 Å². The maximum atomic E-state index is 5.61. The van der Waals surface area contributed by atoms with Gasteiger partial charge >= 0.3 is 0 Å². The molecular formula is C6H7ClN2. The SMILES string of the molecule is Cc1cc(C)c(Cl)nn1. The smallest absolute Gasteiger partial charge is 0.154 e. The molecule has 0 unspecified atom stereocenters.